The first kappa shape index (κ1) is 15.5. The fourth-order valence-electron chi connectivity index (χ4n) is 2.11. The SMILES string of the molecule is CC(C)(CNC(=O)CNCC1CC1)c1cccc(Br)c1. The molecule has 0 bridgehead atoms. The zero-order valence-electron chi connectivity index (χ0n) is 12.2. The molecule has 110 valence electrons. The van der Waals surface area contributed by atoms with Crippen molar-refractivity contribution in [3.8, 4) is 0 Å². The molecule has 1 saturated carbocycles. The number of carbonyl (C=O) groups is 1. The van der Waals surface area contributed by atoms with Crippen molar-refractivity contribution in [1.29, 1.82) is 0 Å². The molecule has 0 unspecified atom stereocenters. The quantitative estimate of drug-likeness (QED) is 0.802. The lowest BCUT2D eigenvalue weighted by Crippen LogP contribution is -2.41. The summed E-state index contributed by atoms with van der Waals surface area (Å²) < 4.78 is 1.07. The van der Waals surface area contributed by atoms with Crippen molar-refractivity contribution < 1.29 is 4.79 Å². The van der Waals surface area contributed by atoms with Gasteiger partial charge in [0.2, 0.25) is 5.91 Å². The van der Waals surface area contributed by atoms with Crippen molar-refractivity contribution in [3.05, 3.63) is 34.3 Å². The Bertz CT molecular complexity index is 469. The molecule has 1 amide bonds. The standard InChI is InChI=1S/C16H23BrN2O/c1-16(2,13-4-3-5-14(17)8-13)11-19-15(20)10-18-9-12-6-7-12/h3-5,8,12,18H,6-7,9-11H2,1-2H3,(H,19,20). The number of hydrogen-bond acceptors (Lipinski definition) is 2. The molecule has 0 aliphatic heterocycles. The molecular weight excluding hydrogens is 316 g/mol. The van der Waals surface area contributed by atoms with E-state index < -0.39 is 0 Å². The summed E-state index contributed by atoms with van der Waals surface area (Å²) in [6.07, 6.45) is 2.62. The second kappa shape index (κ2) is 6.72. The van der Waals surface area contributed by atoms with E-state index in [0.29, 0.717) is 13.1 Å². The Labute approximate surface area is 129 Å². The summed E-state index contributed by atoms with van der Waals surface area (Å²) in [4.78, 5) is 11.8. The van der Waals surface area contributed by atoms with E-state index in [-0.39, 0.29) is 11.3 Å². The molecule has 1 fully saturated rings. The van der Waals surface area contributed by atoms with Crippen molar-refractivity contribution >= 4 is 21.8 Å². The third-order valence-corrected chi connectivity index (χ3v) is 4.24. The van der Waals surface area contributed by atoms with Gasteiger partial charge in [-0.2, -0.15) is 0 Å². The predicted molar refractivity (Wildman–Crippen MR) is 85.8 cm³/mol. The van der Waals surface area contributed by atoms with E-state index in [9.17, 15) is 4.79 Å². The number of rotatable bonds is 7. The van der Waals surface area contributed by atoms with Gasteiger partial charge in [0.1, 0.15) is 0 Å². The molecule has 1 aliphatic carbocycles. The third kappa shape index (κ3) is 4.91. The van der Waals surface area contributed by atoms with Gasteiger partial charge in [-0.25, -0.2) is 0 Å². The highest BCUT2D eigenvalue weighted by Gasteiger charge is 2.22. The number of carbonyl (C=O) groups excluding carboxylic acids is 1. The molecule has 1 aliphatic rings. The highest BCUT2D eigenvalue weighted by Crippen LogP contribution is 2.27. The van der Waals surface area contributed by atoms with Gasteiger partial charge in [-0.15, -0.1) is 0 Å². The van der Waals surface area contributed by atoms with Gasteiger partial charge in [0.15, 0.2) is 0 Å². The fourth-order valence-corrected chi connectivity index (χ4v) is 2.50. The number of nitrogens with one attached hydrogen (secondary N) is 2. The summed E-state index contributed by atoms with van der Waals surface area (Å²) in [6, 6.07) is 8.25. The lowest BCUT2D eigenvalue weighted by molar-refractivity contribution is -0.120. The number of hydrogen-bond donors (Lipinski definition) is 2. The Kier molecular flexibility index (Phi) is 5.22. The molecule has 0 atom stereocenters. The zero-order valence-corrected chi connectivity index (χ0v) is 13.8. The second-order valence-electron chi connectivity index (χ2n) is 6.25. The Morgan fingerprint density at radius 2 is 2.15 bits per heavy atom. The van der Waals surface area contributed by atoms with E-state index in [2.05, 4.69) is 52.5 Å². The van der Waals surface area contributed by atoms with Crippen molar-refractivity contribution in [2.45, 2.75) is 32.1 Å². The summed E-state index contributed by atoms with van der Waals surface area (Å²) in [5, 5.41) is 6.23. The van der Waals surface area contributed by atoms with Crippen LogP contribution in [0.4, 0.5) is 0 Å². The van der Waals surface area contributed by atoms with Crippen LogP contribution in [0.25, 0.3) is 0 Å². The smallest absolute Gasteiger partial charge is 0.233 e. The maximum absolute atomic E-state index is 11.8. The first-order chi connectivity index (χ1) is 9.47. The monoisotopic (exact) mass is 338 g/mol. The van der Waals surface area contributed by atoms with Crippen LogP contribution < -0.4 is 10.6 Å². The molecule has 0 aromatic heterocycles. The predicted octanol–water partition coefficient (Wildman–Crippen LogP) is 2.84. The summed E-state index contributed by atoms with van der Waals surface area (Å²) in [6.45, 7) is 6.33. The average molecular weight is 339 g/mol. The Morgan fingerprint density at radius 3 is 2.80 bits per heavy atom. The van der Waals surface area contributed by atoms with Crippen LogP contribution in [0.2, 0.25) is 0 Å². The molecule has 0 radical (unpaired) electrons. The number of amides is 1. The van der Waals surface area contributed by atoms with Crippen LogP contribution in [0.1, 0.15) is 32.3 Å². The first-order valence-electron chi connectivity index (χ1n) is 7.21. The van der Waals surface area contributed by atoms with Crippen molar-refractivity contribution in [2.24, 2.45) is 5.92 Å². The lowest BCUT2D eigenvalue weighted by atomic mass is 9.84. The minimum atomic E-state index is -0.0735. The summed E-state index contributed by atoms with van der Waals surface area (Å²) in [7, 11) is 0. The van der Waals surface area contributed by atoms with Gasteiger partial charge >= 0.3 is 0 Å². The maximum Gasteiger partial charge on any atom is 0.233 e. The molecule has 20 heavy (non-hydrogen) atoms. The van der Waals surface area contributed by atoms with Crippen molar-refractivity contribution in [3.63, 3.8) is 0 Å². The maximum atomic E-state index is 11.8. The van der Waals surface area contributed by atoms with Gasteiger partial charge in [0, 0.05) is 16.4 Å². The highest BCUT2D eigenvalue weighted by molar-refractivity contribution is 9.10. The van der Waals surface area contributed by atoms with E-state index in [1.807, 2.05) is 12.1 Å². The van der Waals surface area contributed by atoms with Crippen molar-refractivity contribution in [1.82, 2.24) is 10.6 Å². The van der Waals surface area contributed by atoms with Crippen LogP contribution in [-0.2, 0) is 10.2 Å². The minimum Gasteiger partial charge on any atom is -0.354 e. The molecule has 2 rings (SSSR count). The molecule has 1 aromatic carbocycles. The van der Waals surface area contributed by atoms with Gasteiger partial charge < -0.3 is 10.6 Å². The number of benzene rings is 1. The first-order valence-corrected chi connectivity index (χ1v) is 8.00. The molecule has 0 spiro atoms. The molecule has 1 aromatic rings. The van der Waals surface area contributed by atoms with E-state index >= 15 is 0 Å². The minimum absolute atomic E-state index is 0.0735. The second-order valence-corrected chi connectivity index (χ2v) is 7.16. The van der Waals surface area contributed by atoms with Gasteiger partial charge in [-0.3, -0.25) is 4.79 Å². The van der Waals surface area contributed by atoms with Crippen LogP contribution in [0.5, 0.6) is 0 Å². The zero-order chi connectivity index (χ0) is 14.6. The summed E-state index contributed by atoms with van der Waals surface area (Å²) in [5.41, 5.74) is 1.15. The average Bonchev–Trinajstić information content (AvgIpc) is 3.21. The summed E-state index contributed by atoms with van der Waals surface area (Å²) >= 11 is 3.49. The van der Waals surface area contributed by atoms with Crippen LogP contribution in [0.15, 0.2) is 28.7 Å². The van der Waals surface area contributed by atoms with Crippen molar-refractivity contribution in [2.75, 3.05) is 19.6 Å². The van der Waals surface area contributed by atoms with Crippen LogP contribution >= 0.6 is 15.9 Å². The third-order valence-electron chi connectivity index (χ3n) is 3.75. The molecule has 2 N–H and O–H groups in total. The van der Waals surface area contributed by atoms with E-state index in [4.69, 9.17) is 0 Å². The van der Waals surface area contributed by atoms with Crippen LogP contribution in [-0.4, -0.2) is 25.5 Å². The normalized spacial score (nSPS) is 15.2. The van der Waals surface area contributed by atoms with Gasteiger partial charge in [0.25, 0.3) is 0 Å². The lowest BCUT2D eigenvalue weighted by Gasteiger charge is -2.26. The highest BCUT2D eigenvalue weighted by atomic mass is 79.9. The molecule has 0 saturated heterocycles. The van der Waals surface area contributed by atoms with Gasteiger partial charge in [0.05, 0.1) is 6.54 Å². The van der Waals surface area contributed by atoms with Gasteiger partial charge in [-0.1, -0.05) is 41.9 Å². The van der Waals surface area contributed by atoms with E-state index in [0.717, 1.165) is 16.9 Å². The largest absolute Gasteiger partial charge is 0.354 e. The van der Waals surface area contributed by atoms with E-state index in [1.165, 1.54) is 18.4 Å². The molecular formula is C16H23BrN2O. The summed E-state index contributed by atoms with van der Waals surface area (Å²) in [5.74, 6) is 0.884. The van der Waals surface area contributed by atoms with E-state index in [1.54, 1.807) is 0 Å². The molecule has 4 heteroatoms. The van der Waals surface area contributed by atoms with Crippen LogP contribution in [0.3, 0.4) is 0 Å². The van der Waals surface area contributed by atoms with Crippen LogP contribution in [0, 0.1) is 5.92 Å². The fraction of sp³-hybridized carbons (Fsp3) is 0.562. The Balaban J connectivity index is 1.77. The number of halogens is 1. The molecule has 3 nitrogen and oxygen atoms in total. The molecule has 0 heterocycles. The Morgan fingerprint density at radius 1 is 1.40 bits per heavy atom. The topological polar surface area (TPSA) is 41.1 Å². The van der Waals surface area contributed by atoms with Gasteiger partial charge in [-0.05, 0) is 43.0 Å². The Hall–Kier alpha value is -0.870.